The molecular formula is C33H43N13O2. The monoisotopic (exact) mass is 653 g/mol. The third-order valence-electron chi connectivity index (χ3n) is 8.63. The number of pyridine rings is 2. The molecule has 48 heavy (non-hydrogen) atoms. The van der Waals surface area contributed by atoms with Crippen LogP contribution in [-0.4, -0.2) is 125 Å². The zero-order valence-corrected chi connectivity index (χ0v) is 27.1. The second-order valence-electron chi connectivity index (χ2n) is 12.0. The summed E-state index contributed by atoms with van der Waals surface area (Å²) in [4.78, 5) is 14.7. The largest absolute Gasteiger partial charge is 0.396 e. The molecule has 0 aliphatic carbocycles. The number of amidine groups is 2. The van der Waals surface area contributed by atoms with E-state index in [0.29, 0.717) is 40.4 Å². The van der Waals surface area contributed by atoms with Gasteiger partial charge in [-0.2, -0.15) is 0 Å². The Balaban J connectivity index is 1.11. The Kier molecular flexibility index (Phi) is 9.88. The first-order valence-corrected chi connectivity index (χ1v) is 16.7. The van der Waals surface area contributed by atoms with Crippen molar-refractivity contribution in [3.05, 3.63) is 60.6 Å². The minimum Gasteiger partial charge on any atom is -0.396 e. The summed E-state index contributed by atoms with van der Waals surface area (Å²) in [5.74, 6) is 2.04. The second-order valence-corrected chi connectivity index (χ2v) is 12.0. The van der Waals surface area contributed by atoms with Gasteiger partial charge in [-0.15, -0.1) is 10.2 Å². The Hall–Kier alpha value is -4.83. The van der Waals surface area contributed by atoms with Gasteiger partial charge in [0.25, 0.3) is 0 Å². The summed E-state index contributed by atoms with van der Waals surface area (Å²) in [5, 5.41) is 28.5. The van der Waals surface area contributed by atoms with Crippen LogP contribution in [0, 0.1) is 5.41 Å². The molecule has 4 aromatic rings. The van der Waals surface area contributed by atoms with Gasteiger partial charge < -0.3 is 31.2 Å². The van der Waals surface area contributed by atoms with E-state index in [9.17, 15) is 0 Å². The van der Waals surface area contributed by atoms with E-state index in [1.54, 1.807) is 15.1 Å². The molecule has 4 aromatic heterocycles. The van der Waals surface area contributed by atoms with Gasteiger partial charge in [0, 0.05) is 51.7 Å². The van der Waals surface area contributed by atoms with Crippen LogP contribution in [0.5, 0.6) is 0 Å². The molecule has 252 valence electrons. The maximum atomic E-state index is 8.74. The van der Waals surface area contributed by atoms with E-state index in [-0.39, 0.29) is 5.71 Å². The number of hydrogen-bond acceptors (Lipinski definition) is 12. The van der Waals surface area contributed by atoms with Crippen molar-refractivity contribution in [3.63, 3.8) is 0 Å². The van der Waals surface area contributed by atoms with Crippen LogP contribution in [0.25, 0.3) is 11.0 Å². The van der Waals surface area contributed by atoms with Crippen molar-refractivity contribution in [1.82, 2.24) is 34.3 Å². The lowest BCUT2D eigenvalue weighted by atomic mass is 10.2. The van der Waals surface area contributed by atoms with Crippen molar-refractivity contribution < 1.29 is 9.47 Å². The summed E-state index contributed by atoms with van der Waals surface area (Å²) in [7, 11) is 0. The number of fused-ring (bicyclic) bond motifs is 2. The number of hydrogen-bond donors (Lipinski definition) is 5. The molecule has 6 N–H and O–H groups in total. The molecule has 0 atom stereocenters. The number of nitrogens with two attached hydrogens (primary N) is 1. The predicted molar refractivity (Wildman–Crippen MR) is 188 cm³/mol. The van der Waals surface area contributed by atoms with Crippen LogP contribution in [-0.2, 0) is 9.47 Å². The Morgan fingerprint density at radius 3 is 1.77 bits per heavy atom. The molecule has 15 heteroatoms. The van der Waals surface area contributed by atoms with Crippen LogP contribution in [0.15, 0.2) is 70.5 Å². The van der Waals surface area contributed by atoms with E-state index >= 15 is 0 Å². The van der Waals surface area contributed by atoms with Gasteiger partial charge >= 0.3 is 0 Å². The lowest BCUT2D eigenvalue weighted by Crippen LogP contribution is -2.42. The fourth-order valence-electron chi connectivity index (χ4n) is 6.05. The molecule has 0 aromatic carbocycles. The van der Waals surface area contributed by atoms with Crippen LogP contribution in [0.2, 0.25) is 0 Å². The van der Waals surface area contributed by atoms with Gasteiger partial charge in [-0.1, -0.05) is 12.1 Å². The van der Waals surface area contributed by atoms with E-state index in [1.807, 2.05) is 48.8 Å². The molecule has 0 saturated carbocycles. The summed E-state index contributed by atoms with van der Waals surface area (Å²) in [6, 6.07) is 11.7. The van der Waals surface area contributed by atoms with Crippen molar-refractivity contribution in [2.24, 2.45) is 15.7 Å². The van der Waals surface area contributed by atoms with Crippen molar-refractivity contribution in [2.45, 2.75) is 12.8 Å². The first-order valence-electron chi connectivity index (χ1n) is 16.7. The van der Waals surface area contributed by atoms with Crippen LogP contribution in [0.3, 0.4) is 0 Å². The molecule has 3 aliphatic heterocycles. The quantitative estimate of drug-likeness (QED) is 0.143. The molecule has 7 rings (SSSR count). The average Bonchev–Trinajstić information content (AvgIpc) is 3.65. The first-order chi connectivity index (χ1) is 23.6. The van der Waals surface area contributed by atoms with E-state index in [0.717, 1.165) is 103 Å². The average molecular weight is 654 g/mol. The van der Waals surface area contributed by atoms with E-state index in [1.165, 1.54) is 0 Å². The van der Waals surface area contributed by atoms with Gasteiger partial charge in [0.05, 0.1) is 48.9 Å². The summed E-state index contributed by atoms with van der Waals surface area (Å²) in [6.45, 7) is 10.5. The number of anilines is 2. The highest BCUT2D eigenvalue weighted by Crippen LogP contribution is 2.32. The van der Waals surface area contributed by atoms with Gasteiger partial charge in [0.15, 0.2) is 23.3 Å². The number of morpholine rings is 2. The smallest absolute Gasteiger partial charge is 0.175 e. The van der Waals surface area contributed by atoms with Crippen LogP contribution in [0.1, 0.15) is 12.8 Å². The molecule has 0 radical (unpaired) electrons. The van der Waals surface area contributed by atoms with Crippen molar-refractivity contribution >= 4 is 51.4 Å². The molecule has 0 bridgehead atoms. The van der Waals surface area contributed by atoms with Gasteiger partial charge in [0.1, 0.15) is 11.4 Å². The summed E-state index contributed by atoms with van der Waals surface area (Å²) in [6.07, 6.45) is 7.28. The summed E-state index contributed by atoms with van der Waals surface area (Å²) in [5.41, 5.74) is 9.90. The third kappa shape index (κ3) is 7.33. The summed E-state index contributed by atoms with van der Waals surface area (Å²) >= 11 is 0. The SMILES string of the molecule is N=C1C=C(N)C(=Nc2c(NCCCN3CCOCC3)nn3ccccc23)NC1=Nc1c(NCCCN2CCOCC2)nn2ccccc12. The van der Waals surface area contributed by atoms with Crippen molar-refractivity contribution in [3.8, 4) is 0 Å². The Morgan fingerprint density at radius 1 is 0.750 bits per heavy atom. The Bertz CT molecular complexity index is 1830. The third-order valence-corrected chi connectivity index (χ3v) is 8.63. The number of aliphatic imine (C=N–C) groups is 2. The van der Waals surface area contributed by atoms with Crippen molar-refractivity contribution in [1.29, 1.82) is 5.41 Å². The lowest BCUT2D eigenvalue weighted by molar-refractivity contribution is 0.0378. The molecule has 3 aliphatic rings. The molecule has 2 fully saturated rings. The van der Waals surface area contributed by atoms with Crippen molar-refractivity contribution in [2.75, 3.05) is 89.4 Å². The number of nitrogens with one attached hydrogen (secondary N) is 4. The first kappa shape index (κ1) is 31.8. The highest BCUT2D eigenvalue weighted by molar-refractivity contribution is 6.50. The van der Waals surface area contributed by atoms with Gasteiger partial charge in [-0.3, -0.25) is 15.2 Å². The predicted octanol–water partition coefficient (Wildman–Crippen LogP) is 2.48. The van der Waals surface area contributed by atoms with Gasteiger partial charge in [-0.25, -0.2) is 19.0 Å². The molecule has 15 nitrogen and oxygen atoms in total. The van der Waals surface area contributed by atoms with Crippen LogP contribution in [0.4, 0.5) is 23.0 Å². The normalized spacial score (nSPS) is 19.7. The number of nitrogens with zero attached hydrogens (tertiary/aromatic N) is 8. The zero-order valence-electron chi connectivity index (χ0n) is 27.1. The Morgan fingerprint density at radius 2 is 1.25 bits per heavy atom. The van der Waals surface area contributed by atoms with Crippen LogP contribution < -0.4 is 21.7 Å². The molecule has 7 heterocycles. The molecule has 2 saturated heterocycles. The maximum absolute atomic E-state index is 8.74. The number of rotatable bonds is 12. The van der Waals surface area contributed by atoms with Crippen LogP contribution >= 0.6 is 0 Å². The minimum absolute atomic E-state index is 0.154. The van der Waals surface area contributed by atoms with E-state index < -0.39 is 0 Å². The molecular weight excluding hydrogens is 610 g/mol. The number of aromatic nitrogens is 4. The van der Waals surface area contributed by atoms with E-state index in [4.69, 9.17) is 40.8 Å². The molecule has 0 spiro atoms. The fourth-order valence-corrected chi connectivity index (χ4v) is 6.05. The van der Waals surface area contributed by atoms with Gasteiger partial charge in [-0.05, 0) is 56.3 Å². The standard InChI is InChI=1S/C33H43N13O2/c34-24-23-25(35)31(39-29-27-8-2-4-14-46(27)42-33(29)37-10-6-12-44-17-21-48-22-18-44)40-30(24)38-28-26-7-1-3-13-45(26)41-32(28)36-9-5-11-43-15-19-47-20-16-43/h1-4,7-8,13-14,23,34H,5-6,9-12,15-22,35H2,(H,36,41)(H,37,42)(H,38,39,40). The molecule has 0 unspecified atom stereocenters. The zero-order chi connectivity index (χ0) is 32.7. The fraction of sp³-hybridized carbons (Fsp3) is 0.424. The highest BCUT2D eigenvalue weighted by Gasteiger charge is 2.23. The lowest BCUT2D eigenvalue weighted by Gasteiger charge is -2.26. The summed E-state index contributed by atoms with van der Waals surface area (Å²) < 4.78 is 14.5. The number of ether oxygens (including phenoxy) is 2. The highest BCUT2D eigenvalue weighted by atomic mass is 16.5. The minimum atomic E-state index is 0.154. The van der Waals surface area contributed by atoms with E-state index in [2.05, 4.69) is 25.8 Å². The maximum Gasteiger partial charge on any atom is 0.175 e. The second kappa shape index (κ2) is 14.9. The van der Waals surface area contributed by atoms with Gasteiger partial charge in [0.2, 0.25) is 0 Å². The molecule has 0 amide bonds. The Labute approximate surface area is 279 Å². The topological polar surface area (TPSA) is 170 Å².